The van der Waals surface area contributed by atoms with Gasteiger partial charge in [-0.2, -0.15) is 0 Å². The van der Waals surface area contributed by atoms with Crippen LogP contribution >= 0.6 is 38.9 Å². The Hall–Kier alpha value is 0.300. The Morgan fingerprint density at radius 2 is 2.10 bits per heavy atom. The highest BCUT2D eigenvalue weighted by Crippen LogP contribution is 2.34. The molecule has 2 rings (SSSR count). The van der Waals surface area contributed by atoms with Gasteiger partial charge in [-0.05, 0) is 35.8 Å². The molecule has 0 aromatic carbocycles. The van der Waals surface area contributed by atoms with Gasteiger partial charge in [-0.1, -0.05) is 11.6 Å². The van der Waals surface area contributed by atoms with Gasteiger partial charge >= 0.3 is 0 Å². The first-order chi connectivity index (χ1) is 9.72. The van der Waals surface area contributed by atoms with Gasteiger partial charge in [0.15, 0.2) is 0 Å². The summed E-state index contributed by atoms with van der Waals surface area (Å²) < 4.78 is 33.5. The van der Waals surface area contributed by atoms with Crippen LogP contribution in [0.2, 0.25) is 5.02 Å². The van der Waals surface area contributed by atoms with Crippen molar-refractivity contribution in [1.82, 2.24) is 9.62 Å². The minimum atomic E-state index is -3.54. The molecule has 0 radical (unpaired) electrons. The van der Waals surface area contributed by atoms with E-state index in [1.807, 2.05) is 13.8 Å². The Kier molecular flexibility index (Phi) is 5.73. The van der Waals surface area contributed by atoms with Crippen LogP contribution in [0.15, 0.2) is 14.1 Å². The Labute approximate surface area is 142 Å². The van der Waals surface area contributed by atoms with Gasteiger partial charge in [0, 0.05) is 25.2 Å². The van der Waals surface area contributed by atoms with Crippen molar-refractivity contribution in [1.29, 1.82) is 0 Å². The molecule has 1 aromatic heterocycles. The number of nitrogens with one attached hydrogen (secondary N) is 1. The molecule has 0 aliphatic carbocycles. The second kappa shape index (κ2) is 6.82. The Morgan fingerprint density at radius 1 is 1.48 bits per heavy atom. The number of thiophene rings is 1. The molecule has 120 valence electrons. The van der Waals surface area contributed by atoms with E-state index in [0.717, 1.165) is 24.4 Å². The van der Waals surface area contributed by atoms with Gasteiger partial charge in [0.1, 0.15) is 4.21 Å². The molecule has 0 amide bonds. The van der Waals surface area contributed by atoms with E-state index in [9.17, 15) is 8.42 Å². The largest absolute Gasteiger partial charge is 0.379 e. The highest BCUT2D eigenvalue weighted by Gasteiger charge is 2.30. The molecular weight excluding hydrogens is 400 g/mol. The van der Waals surface area contributed by atoms with Crippen molar-refractivity contribution >= 4 is 48.9 Å². The van der Waals surface area contributed by atoms with Crippen LogP contribution in [-0.4, -0.2) is 51.7 Å². The Morgan fingerprint density at radius 3 is 2.62 bits per heavy atom. The Bertz CT molecular complexity index is 578. The molecule has 21 heavy (non-hydrogen) atoms. The highest BCUT2D eigenvalue weighted by atomic mass is 79.9. The van der Waals surface area contributed by atoms with Crippen LogP contribution in [0.3, 0.4) is 0 Å². The molecule has 1 aliphatic rings. The summed E-state index contributed by atoms with van der Waals surface area (Å²) >= 11 is 10.2. The number of sulfonamides is 1. The minimum absolute atomic E-state index is 0.220. The maximum absolute atomic E-state index is 12.3. The average Bonchev–Trinajstić information content (AvgIpc) is 2.79. The fraction of sp³-hybridized carbons (Fsp3) is 0.667. The van der Waals surface area contributed by atoms with Gasteiger partial charge in [-0.25, -0.2) is 13.1 Å². The van der Waals surface area contributed by atoms with Crippen molar-refractivity contribution < 1.29 is 13.2 Å². The summed E-state index contributed by atoms with van der Waals surface area (Å²) in [5, 5.41) is 0.410. The van der Waals surface area contributed by atoms with E-state index in [4.69, 9.17) is 16.3 Å². The normalized spacial score (nSPS) is 18.1. The van der Waals surface area contributed by atoms with E-state index in [-0.39, 0.29) is 9.75 Å². The second-order valence-corrected chi connectivity index (χ2v) is 10.2. The molecule has 1 saturated heterocycles. The lowest BCUT2D eigenvalue weighted by molar-refractivity contribution is -0.00803. The predicted molar refractivity (Wildman–Crippen MR) is 88.7 cm³/mol. The molecule has 1 aliphatic heterocycles. The third-order valence-corrected chi connectivity index (χ3v) is 7.80. The van der Waals surface area contributed by atoms with Crippen LogP contribution in [0, 0.1) is 0 Å². The zero-order valence-corrected chi connectivity index (χ0v) is 15.8. The maximum atomic E-state index is 12.3. The number of rotatable bonds is 5. The summed E-state index contributed by atoms with van der Waals surface area (Å²) in [6, 6.07) is 1.46. The third kappa shape index (κ3) is 4.40. The maximum Gasteiger partial charge on any atom is 0.250 e. The first kappa shape index (κ1) is 17.7. The van der Waals surface area contributed by atoms with Crippen molar-refractivity contribution in [2.24, 2.45) is 0 Å². The molecule has 5 nitrogen and oxygen atoms in total. The zero-order valence-electron chi connectivity index (χ0n) is 11.9. The van der Waals surface area contributed by atoms with Crippen molar-refractivity contribution in [3.8, 4) is 0 Å². The second-order valence-electron chi connectivity index (χ2n) is 5.42. The molecule has 0 saturated carbocycles. The van der Waals surface area contributed by atoms with Crippen molar-refractivity contribution in [3.63, 3.8) is 0 Å². The lowest BCUT2D eigenvalue weighted by Crippen LogP contribution is -2.55. The van der Waals surface area contributed by atoms with E-state index in [1.165, 1.54) is 6.07 Å². The van der Waals surface area contributed by atoms with Gasteiger partial charge in [-0.3, -0.25) is 4.90 Å². The van der Waals surface area contributed by atoms with Crippen LogP contribution in [0.1, 0.15) is 13.8 Å². The number of hydrogen-bond donors (Lipinski definition) is 1. The standard InChI is InChI=1S/C12H18BrClN2O3S2/c1-12(2,16-3-5-19-6-4-16)8-15-21(17,18)10-7-9(14)11(13)20-10/h7,15H,3-6,8H2,1-2H3. The number of halogens is 2. The smallest absolute Gasteiger partial charge is 0.250 e. The van der Waals surface area contributed by atoms with Crippen LogP contribution in [-0.2, 0) is 14.8 Å². The van der Waals surface area contributed by atoms with Gasteiger partial charge in [-0.15, -0.1) is 11.3 Å². The first-order valence-electron chi connectivity index (χ1n) is 6.50. The SMILES string of the molecule is CC(C)(CNS(=O)(=O)c1cc(Cl)c(Br)s1)N1CCOCC1. The van der Waals surface area contributed by atoms with Gasteiger partial charge in [0.05, 0.1) is 22.0 Å². The minimum Gasteiger partial charge on any atom is -0.379 e. The zero-order chi connectivity index (χ0) is 15.7. The summed E-state index contributed by atoms with van der Waals surface area (Å²) in [6.45, 7) is 7.38. The number of morpholine rings is 1. The number of nitrogens with zero attached hydrogens (tertiary/aromatic N) is 1. The van der Waals surface area contributed by atoms with Gasteiger partial charge < -0.3 is 4.74 Å². The third-order valence-electron chi connectivity index (χ3n) is 3.45. The molecule has 1 aromatic rings. The molecule has 0 bridgehead atoms. The van der Waals surface area contributed by atoms with E-state index in [1.54, 1.807) is 0 Å². The highest BCUT2D eigenvalue weighted by molar-refractivity contribution is 9.11. The van der Waals surface area contributed by atoms with Crippen LogP contribution in [0.25, 0.3) is 0 Å². The molecule has 0 atom stereocenters. The molecular formula is C12H18BrClN2O3S2. The molecule has 1 N–H and O–H groups in total. The van der Waals surface area contributed by atoms with Crippen molar-refractivity contribution in [3.05, 3.63) is 14.9 Å². The molecule has 1 fully saturated rings. The van der Waals surface area contributed by atoms with E-state index < -0.39 is 10.0 Å². The molecule has 9 heteroatoms. The molecule has 0 spiro atoms. The topological polar surface area (TPSA) is 58.6 Å². The fourth-order valence-corrected chi connectivity index (χ4v) is 5.73. The van der Waals surface area contributed by atoms with Gasteiger partial charge in [0.2, 0.25) is 10.0 Å². The van der Waals surface area contributed by atoms with Crippen LogP contribution in [0.4, 0.5) is 0 Å². The summed E-state index contributed by atoms with van der Waals surface area (Å²) in [5.41, 5.74) is -0.269. The lowest BCUT2D eigenvalue weighted by atomic mass is 10.0. The van der Waals surface area contributed by atoms with Crippen molar-refractivity contribution in [2.45, 2.75) is 23.6 Å². The van der Waals surface area contributed by atoms with E-state index in [0.29, 0.717) is 28.6 Å². The molecule has 0 unspecified atom stereocenters. The summed E-state index contributed by atoms with van der Waals surface area (Å²) in [6.07, 6.45) is 0. The van der Waals surface area contributed by atoms with Crippen LogP contribution < -0.4 is 4.72 Å². The number of hydrogen-bond acceptors (Lipinski definition) is 5. The van der Waals surface area contributed by atoms with Gasteiger partial charge in [0.25, 0.3) is 0 Å². The van der Waals surface area contributed by atoms with E-state index in [2.05, 4.69) is 25.6 Å². The average molecular weight is 418 g/mol. The monoisotopic (exact) mass is 416 g/mol. The van der Waals surface area contributed by atoms with E-state index >= 15 is 0 Å². The van der Waals surface area contributed by atoms with Crippen molar-refractivity contribution in [2.75, 3.05) is 32.8 Å². The van der Waals surface area contributed by atoms with Crippen LogP contribution in [0.5, 0.6) is 0 Å². The molecule has 2 heterocycles. The quantitative estimate of drug-likeness (QED) is 0.800. The Balaban J connectivity index is 2.03. The predicted octanol–water partition coefficient (Wildman–Crippen LogP) is 2.55. The fourth-order valence-electron chi connectivity index (χ4n) is 2.08. The summed E-state index contributed by atoms with van der Waals surface area (Å²) in [4.78, 5) is 2.23. The lowest BCUT2D eigenvalue weighted by Gasteiger charge is -2.40. The summed E-state index contributed by atoms with van der Waals surface area (Å²) in [7, 11) is -3.54. The first-order valence-corrected chi connectivity index (χ1v) is 9.97. The number of ether oxygens (including phenoxy) is 1. The summed E-state index contributed by atoms with van der Waals surface area (Å²) in [5.74, 6) is 0.